The van der Waals surface area contributed by atoms with E-state index in [1.807, 2.05) is 12.3 Å². The molecule has 21 heavy (non-hydrogen) atoms. The van der Waals surface area contributed by atoms with Gasteiger partial charge in [0.05, 0.1) is 12.7 Å². The number of hydrogen-bond donors (Lipinski definition) is 1. The first-order chi connectivity index (χ1) is 10.1. The lowest BCUT2D eigenvalue weighted by Crippen LogP contribution is -2.22. The highest BCUT2D eigenvalue weighted by Crippen LogP contribution is 2.19. The Morgan fingerprint density at radius 3 is 2.67 bits per heavy atom. The van der Waals surface area contributed by atoms with Gasteiger partial charge in [-0.25, -0.2) is 0 Å². The Balaban J connectivity index is 2.21. The van der Waals surface area contributed by atoms with Crippen LogP contribution in [0.15, 0.2) is 34.9 Å². The first-order valence-corrected chi connectivity index (χ1v) is 8.41. The smallest absolute Gasteiger partial charge is 0.0673 e. The Hall–Kier alpha value is -1.13. The molecule has 1 aromatic carbocycles. The van der Waals surface area contributed by atoms with Crippen molar-refractivity contribution in [1.82, 2.24) is 15.1 Å². The second-order valence-corrected chi connectivity index (χ2v) is 6.51. The molecule has 1 N–H and O–H groups in total. The van der Waals surface area contributed by atoms with Crippen molar-refractivity contribution in [3.8, 4) is 0 Å². The maximum atomic E-state index is 4.60. The number of rotatable bonds is 7. The van der Waals surface area contributed by atoms with E-state index in [0.29, 0.717) is 6.04 Å². The zero-order valence-corrected chi connectivity index (χ0v) is 14.7. The summed E-state index contributed by atoms with van der Waals surface area (Å²) in [7, 11) is 0. The van der Waals surface area contributed by atoms with E-state index in [4.69, 9.17) is 0 Å². The van der Waals surface area contributed by atoms with Crippen molar-refractivity contribution in [2.45, 2.75) is 52.7 Å². The quantitative estimate of drug-likeness (QED) is 0.813. The second kappa shape index (κ2) is 7.76. The first kappa shape index (κ1) is 16.2. The van der Waals surface area contributed by atoms with Crippen LogP contribution in [-0.4, -0.2) is 15.8 Å². The average molecular weight is 350 g/mol. The minimum absolute atomic E-state index is 0.492. The van der Waals surface area contributed by atoms with E-state index in [1.54, 1.807) is 0 Å². The van der Waals surface area contributed by atoms with Crippen molar-refractivity contribution in [2.75, 3.05) is 0 Å². The standard InChI is InChI=1S/C17H24BrN3/c1-4-7-17-15(10-19-13(2)3)11-20-21(17)12-14-8-5-6-9-16(14)18/h5-6,8-9,11,13,19H,4,7,10,12H2,1-3H3. The van der Waals surface area contributed by atoms with Gasteiger partial charge >= 0.3 is 0 Å². The second-order valence-electron chi connectivity index (χ2n) is 5.65. The third kappa shape index (κ3) is 4.42. The van der Waals surface area contributed by atoms with Crippen molar-refractivity contribution < 1.29 is 0 Å². The van der Waals surface area contributed by atoms with Crippen molar-refractivity contribution in [3.05, 3.63) is 51.8 Å². The van der Waals surface area contributed by atoms with Crippen LogP contribution in [0.1, 0.15) is 44.0 Å². The van der Waals surface area contributed by atoms with Gasteiger partial charge in [0.2, 0.25) is 0 Å². The summed E-state index contributed by atoms with van der Waals surface area (Å²) in [4.78, 5) is 0. The molecule has 0 bridgehead atoms. The number of aromatic nitrogens is 2. The van der Waals surface area contributed by atoms with Gasteiger partial charge < -0.3 is 5.32 Å². The fraction of sp³-hybridized carbons (Fsp3) is 0.471. The highest BCUT2D eigenvalue weighted by atomic mass is 79.9. The summed E-state index contributed by atoms with van der Waals surface area (Å²) < 4.78 is 3.28. The molecule has 1 aromatic heterocycles. The third-order valence-electron chi connectivity index (χ3n) is 3.50. The van der Waals surface area contributed by atoms with E-state index < -0.39 is 0 Å². The predicted octanol–water partition coefficient (Wildman–Crippen LogP) is 4.14. The molecule has 0 aliphatic carbocycles. The maximum Gasteiger partial charge on any atom is 0.0673 e. The average Bonchev–Trinajstić information content (AvgIpc) is 2.82. The molecule has 0 aliphatic rings. The number of nitrogens with one attached hydrogen (secondary N) is 1. The topological polar surface area (TPSA) is 29.9 Å². The van der Waals surface area contributed by atoms with E-state index in [-0.39, 0.29) is 0 Å². The SMILES string of the molecule is CCCc1c(CNC(C)C)cnn1Cc1ccccc1Br. The van der Waals surface area contributed by atoms with Gasteiger partial charge in [-0.05, 0) is 18.1 Å². The fourth-order valence-electron chi connectivity index (χ4n) is 2.36. The molecule has 0 saturated carbocycles. The minimum Gasteiger partial charge on any atom is -0.310 e. The Labute approximate surface area is 135 Å². The summed E-state index contributed by atoms with van der Waals surface area (Å²) in [6.45, 7) is 8.27. The summed E-state index contributed by atoms with van der Waals surface area (Å²) in [5, 5.41) is 8.09. The van der Waals surface area contributed by atoms with Crippen LogP contribution in [0, 0.1) is 0 Å². The molecule has 0 fully saturated rings. The summed E-state index contributed by atoms with van der Waals surface area (Å²) >= 11 is 3.62. The van der Waals surface area contributed by atoms with Crippen molar-refractivity contribution in [1.29, 1.82) is 0 Å². The third-order valence-corrected chi connectivity index (χ3v) is 4.27. The highest BCUT2D eigenvalue weighted by molar-refractivity contribution is 9.10. The molecular weight excluding hydrogens is 326 g/mol. The zero-order valence-electron chi connectivity index (χ0n) is 13.1. The molecule has 2 aromatic rings. The molecule has 0 saturated heterocycles. The van der Waals surface area contributed by atoms with Crippen LogP contribution in [0.25, 0.3) is 0 Å². The van der Waals surface area contributed by atoms with Gasteiger partial charge in [-0.1, -0.05) is 61.3 Å². The van der Waals surface area contributed by atoms with Crippen LogP contribution in [0.2, 0.25) is 0 Å². The minimum atomic E-state index is 0.492. The summed E-state index contributed by atoms with van der Waals surface area (Å²) in [5.41, 5.74) is 3.93. The molecule has 0 spiro atoms. The van der Waals surface area contributed by atoms with Crippen LogP contribution >= 0.6 is 15.9 Å². The van der Waals surface area contributed by atoms with Crippen molar-refractivity contribution >= 4 is 15.9 Å². The molecule has 114 valence electrons. The van der Waals surface area contributed by atoms with Crippen LogP contribution in [0.3, 0.4) is 0 Å². The monoisotopic (exact) mass is 349 g/mol. The van der Waals surface area contributed by atoms with Gasteiger partial charge in [0, 0.05) is 28.3 Å². The Morgan fingerprint density at radius 1 is 1.24 bits per heavy atom. The molecule has 4 heteroatoms. The molecule has 1 heterocycles. The van der Waals surface area contributed by atoms with E-state index >= 15 is 0 Å². The predicted molar refractivity (Wildman–Crippen MR) is 91.4 cm³/mol. The largest absolute Gasteiger partial charge is 0.310 e. The van der Waals surface area contributed by atoms with Crippen molar-refractivity contribution in [3.63, 3.8) is 0 Å². The Bertz CT molecular complexity index is 575. The van der Waals surface area contributed by atoms with Gasteiger partial charge in [-0.3, -0.25) is 4.68 Å². The number of benzene rings is 1. The van der Waals surface area contributed by atoms with Crippen molar-refractivity contribution in [2.24, 2.45) is 0 Å². The molecule has 0 radical (unpaired) electrons. The maximum absolute atomic E-state index is 4.60. The lowest BCUT2D eigenvalue weighted by molar-refractivity contribution is 0.580. The number of hydrogen-bond acceptors (Lipinski definition) is 2. The van der Waals surface area contributed by atoms with E-state index in [1.165, 1.54) is 16.8 Å². The van der Waals surface area contributed by atoms with Crippen LogP contribution < -0.4 is 5.32 Å². The fourth-order valence-corrected chi connectivity index (χ4v) is 2.77. The van der Waals surface area contributed by atoms with Crippen LogP contribution in [0.4, 0.5) is 0 Å². The van der Waals surface area contributed by atoms with E-state index in [9.17, 15) is 0 Å². The van der Waals surface area contributed by atoms with E-state index in [2.05, 4.69) is 70.0 Å². The summed E-state index contributed by atoms with van der Waals surface area (Å²) in [6, 6.07) is 8.84. The molecule has 0 unspecified atom stereocenters. The lowest BCUT2D eigenvalue weighted by Gasteiger charge is -2.12. The first-order valence-electron chi connectivity index (χ1n) is 7.62. The Kier molecular flexibility index (Phi) is 6.00. The highest BCUT2D eigenvalue weighted by Gasteiger charge is 2.11. The molecule has 2 rings (SSSR count). The summed E-state index contributed by atoms with van der Waals surface area (Å²) in [6.07, 6.45) is 4.22. The van der Waals surface area contributed by atoms with Gasteiger partial charge in [-0.15, -0.1) is 0 Å². The van der Waals surface area contributed by atoms with Gasteiger partial charge in [0.1, 0.15) is 0 Å². The molecule has 0 aliphatic heterocycles. The van der Waals surface area contributed by atoms with Gasteiger partial charge in [0.15, 0.2) is 0 Å². The molecular formula is C17H24BrN3. The van der Waals surface area contributed by atoms with E-state index in [0.717, 1.165) is 30.4 Å². The number of nitrogens with zero attached hydrogens (tertiary/aromatic N) is 2. The lowest BCUT2D eigenvalue weighted by atomic mass is 10.1. The Morgan fingerprint density at radius 2 is 2.00 bits per heavy atom. The molecule has 0 amide bonds. The van der Waals surface area contributed by atoms with Crippen LogP contribution in [0.5, 0.6) is 0 Å². The summed E-state index contributed by atoms with van der Waals surface area (Å²) in [5.74, 6) is 0. The van der Waals surface area contributed by atoms with Crippen LogP contribution in [-0.2, 0) is 19.5 Å². The normalized spacial score (nSPS) is 11.3. The molecule has 3 nitrogen and oxygen atoms in total. The van der Waals surface area contributed by atoms with Gasteiger partial charge in [0.25, 0.3) is 0 Å². The van der Waals surface area contributed by atoms with Gasteiger partial charge in [-0.2, -0.15) is 5.10 Å². The molecule has 0 atom stereocenters. The zero-order chi connectivity index (χ0) is 15.2. The number of halogens is 1.